The van der Waals surface area contributed by atoms with Gasteiger partial charge in [0.2, 0.25) is 5.75 Å². The summed E-state index contributed by atoms with van der Waals surface area (Å²) in [5.41, 5.74) is 2.52. The molecule has 1 amide bonds. The first kappa shape index (κ1) is 20.3. The van der Waals surface area contributed by atoms with Crippen molar-refractivity contribution in [1.82, 2.24) is 9.88 Å². The van der Waals surface area contributed by atoms with E-state index in [2.05, 4.69) is 4.98 Å². The zero-order valence-electron chi connectivity index (χ0n) is 17.2. The molecular formula is C22H24N2O5. The molecule has 0 fully saturated rings. The molecule has 1 N–H and O–H groups in total. The summed E-state index contributed by atoms with van der Waals surface area (Å²) < 4.78 is 15.9. The minimum absolute atomic E-state index is 0.161. The van der Waals surface area contributed by atoms with Crippen molar-refractivity contribution < 1.29 is 19.0 Å². The zero-order valence-corrected chi connectivity index (χ0v) is 17.2. The van der Waals surface area contributed by atoms with Gasteiger partial charge in [-0.15, -0.1) is 0 Å². The van der Waals surface area contributed by atoms with E-state index in [1.165, 1.54) is 26.2 Å². The van der Waals surface area contributed by atoms with Crippen molar-refractivity contribution in [3.63, 3.8) is 0 Å². The maximum Gasteiger partial charge on any atom is 0.254 e. The van der Waals surface area contributed by atoms with Crippen LogP contribution in [0.2, 0.25) is 0 Å². The average molecular weight is 396 g/mol. The molecule has 0 saturated carbocycles. The number of aromatic amines is 1. The van der Waals surface area contributed by atoms with Crippen molar-refractivity contribution >= 4 is 16.8 Å². The third-order valence-electron chi connectivity index (χ3n) is 4.74. The summed E-state index contributed by atoms with van der Waals surface area (Å²) in [6.07, 6.45) is 0. The maximum atomic E-state index is 13.0. The van der Waals surface area contributed by atoms with Crippen LogP contribution in [0.1, 0.15) is 21.5 Å². The lowest BCUT2D eigenvalue weighted by Crippen LogP contribution is -2.29. The molecule has 152 valence electrons. The number of hydrogen-bond acceptors (Lipinski definition) is 5. The molecule has 0 radical (unpaired) electrons. The van der Waals surface area contributed by atoms with E-state index in [-0.39, 0.29) is 18.0 Å². The van der Waals surface area contributed by atoms with Crippen molar-refractivity contribution in [3.8, 4) is 17.2 Å². The lowest BCUT2D eigenvalue weighted by molar-refractivity contribution is 0.0784. The Morgan fingerprint density at radius 1 is 1.00 bits per heavy atom. The first-order valence-electron chi connectivity index (χ1n) is 9.06. The molecule has 3 rings (SSSR count). The quantitative estimate of drug-likeness (QED) is 0.692. The van der Waals surface area contributed by atoms with Crippen molar-refractivity contribution in [3.05, 3.63) is 63.4 Å². The number of carbonyl (C=O) groups excluding carboxylic acids is 1. The van der Waals surface area contributed by atoms with Gasteiger partial charge in [0.1, 0.15) is 0 Å². The smallest absolute Gasteiger partial charge is 0.254 e. The molecule has 0 atom stereocenters. The minimum atomic E-state index is -0.270. The highest BCUT2D eigenvalue weighted by Crippen LogP contribution is 2.38. The number of ether oxygens (including phenoxy) is 3. The molecule has 0 saturated heterocycles. The first-order valence-corrected chi connectivity index (χ1v) is 9.06. The van der Waals surface area contributed by atoms with Gasteiger partial charge in [-0.25, -0.2) is 0 Å². The Balaban J connectivity index is 1.92. The third kappa shape index (κ3) is 4.03. The van der Waals surface area contributed by atoms with E-state index in [4.69, 9.17) is 14.2 Å². The molecule has 1 heterocycles. The molecule has 7 nitrogen and oxygen atoms in total. The molecule has 1 aromatic heterocycles. The molecule has 0 unspecified atom stereocenters. The van der Waals surface area contributed by atoms with E-state index in [0.29, 0.717) is 28.4 Å². The van der Waals surface area contributed by atoms with Crippen LogP contribution < -0.4 is 19.8 Å². The second kappa shape index (κ2) is 8.26. The second-order valence-electron chi connectivity index (χ2n) is 6.79. The molecular weight excluding hydrogens is 372 g/mol. The van der Waals surface area contributed by atoms with Gasteiger partial charge in [0.25, 0.3) is 11.5 Å². The van der Waals surface area contributed by atoms with Crippen LogP contribution in [0.15, 0.2) is 41.2 Å². The molecule has 0 aliphatic rings. The second-order valence-corrected chi connectivity index (χ2v) is 6.79. The number of nitrogens with one attached hydrogen (secondary N) is 1. The molecule has 3 aromatic rings. The summed E-state index contributed by atoms with van der Waals surface area (Å²) >= 11 is 0. The highest BCUT2D eigenvalue weighted by molar-refractivity contribution is 5.95. The van der Waals surface area contributed by atoms with Gasteiger partial charge in [0, 0.05) is 23.7 Å². The average Bonchev–Trinajstić information content (AvgIpc) is 2.72. The van der Waals surface area contributed by atoms with Crippen LogP contribution in [0.3, 0.4) is 0 Å². The number of benzene rings is 2. The fourth-order valence-electron chi connectivity index (χ4n) is 3.24. The number of aryl methyl sites for hydroxylation is 1. The molecule has 7 heteroatoms. The van der Waals surface area contributed by atoms with E-state index in [0.717, 1.165) is 16.5 Å². The number of aromatic nitrogens is 1. The molecule has 0 aliphatic carbocycles. The van der Waals surface area contributed by atoms with Crippen LogP contribution in [0.25, 0.3) is 10.9 Å². The first-order chi connectivity index (χ1) is 13.9. The molecule has 0 spiro atoms. The van der Waals surface area contributed by atoms with Crippen molar-refractivity contribution in [2.75, 3.05) is 28.4 Å². The lowest BCUT2D eigenvalue weighted by atomic mass is 10.1. The minimum Gasteiger partial charge on any atom is -0.493 e. The Labute approximate surface area is 168 Å². The summed E-state index contributed by atoms with van der Waals surface area (Å²) in [6.45, 7) is 2.15. The highest BCUT2D eigenvalue weighted by Gasteiger charge is 2.20. The number of methoxy groups -OCH3 is 3. The Kier molecular flexibility index (Phi) is 5.77. The topological polar surface area (TPSA) is 80.9 Å². The van der Waals surface area contributed by atoms with E-state index in [1.807, 2.05) is 31.2 Å². The zero-order chi connectivity index (χ0) is 21.1. The standard InChI is InChI=1S/C22H24N2O5/c1-13-6-7-17-14(8-13)9-16(21(25)23-17)12-24(2)22(26)15-10-18(27-3)20(29-5)19(11-15)28-4/h6-11H,12H2,1-5H3,(H,23,25). The van der Waals surface area contributed by atoms with Gasteiger partial charge < -0.3 is 24.1 Å². The number of carbonyl (C=O) groups is 1. The summed E-state index contributed by atoms with van der Waals surface area (Å²) in [5, 5.41) is 0.924. The van der Waals surface area contributed by atoms with E-state index < -0.39 is 0 Å². The number of amides is 1. The van der Waals surface area contributed by atoms with Crippen molar-refractivity contribution in [2.24, 2.45) is 0 Å². The van der Waals surface area contributed by atoms with Crippen molar-refractivity contribution in [1.29, 1.82) is 0 Å². The number of rotatable bonds is 6. The molecule has 0 bridgehead atoms. The largest absolute Gasteiger partial charge is 0.493 e. The van der Waals surface area contributed by atoms with Crippen LogP contribution in [0, 0.1) is 6.92 Å². The number of fused-ring (bicyclic) bond motifs is 1. The predicted octanol–water partition coefficient (Wildman–Crippen LogP) is 3.13. The van der Waals surface area contributed by atoms with E-state index in [1.54, 1.807) is 19.2 Å². The normalized spacial score (nSPS) is 10.7. The lowest BCUT2D eigenvalue weighted by Gasteiger charge is -2.19. The van der Waals surface area contributed by atoms with Gasteiger partial charge in [-0.3, -0.25) is 9.59 Å². The van der Waals surface area contributed by atoms with Gasteiger partial charge in [0.15, 0.2) is 11.5 Å². The van der Waals surface area contributed by atoms with Crippen LogP contribution in [-0.2, 0) is 6.54 Å². The van der Waals surface area contributed by atoms with E-state index >= 15 is 0 Å². The van der Waals surface area contributed by atoms with Crippen LogP contribution in [0.4, 0.5) is 0 Å². The monoisotopic (exact) mass is 396 g/mol. The maximum absolute atomic E-state index is 13.0. The fourth-order valence-corrected chi connectivity index (χ4v) is 3.24. The number of H-pyrrole nitrogens is 1. The molecule has 29 heavy (non-hydrogen) atoms. The molecule has 0 aliphatic heterocycles. The van der Waals surface area contributed by atoms with E-state index in [9.17, 15) is 9.59 Å². The summed E-state index contributed by atoms with van der Waals surface area (Å²) in [4.78, 5) is 29.8. The SMILES string of the molecule is COc1cc(C(=O)N(C)Cc2cc3cc(C)ccc3[nH]c2=O)cc(OC)c1OC. The van der Waals surface area contributed by atoms with Crippen LogP contribution in [0.5, 0.6) is 17.2 Å². The number of pyridine rings is 1. The Morgan fingerprint density at radius 3 is 2.24 bits per heavy atom. The van der Waals surface area contributed by atoms with Gasteiger partial charge in [-0.2, -0.15) is 0 Å². The van der Waals surface area contributed by atoms with Crippen LogP contribution in [-0.4, -0.2) is 44.2 Å². The van der Waals surface area contributed by atoms with Gasteiger partial charge in [-0.1, -0.05) is 11.6 Å². The predicted molar refractivity (Wildman–Crippen MR) is 111 cm³/mol. The van der Waals surface area contributed by atoms with Gasteiger partial charge in [0.05, 0.1) is 27.9 Å². The summed E-state index contributed by atoms with van der Waals surface area (Å²) in [6, 6.07) is 10.8. The van der Waals surface area contributed by atoms with Crippen LogP contribution >= 0.6 is 0 Å². The van der Waals surface area contributed by atoms with Gasteiger partial charge in [-0.05, 0) is 42.6 Å². The molecule has 2 aromatic carbocycles. The number of nitrogens with zero attached hydrogens (tertiary/aromatic N) is 1. The highest BCUT2D eigenvalue weighted by atomic mass is 16.5. The Bertz CT molecular complexity index is 1090. The Morgan fingerprint density at radius 2 is 1.66 bits per heavy atom. The summed E-state index contributed by atoms with van der Waals surface area (Å²) in [5.74, 6) is 0.925. The number of hydrogen-bond donors (Lipinski definition) is 1. The summed E-state index contributed by atoms with van der Waals surface area (Å²) in [7, 11) is 6.13. The third-order valence-corrected chi connectivity index (χ3v) is 4.74. The van der Waals surface area contributed by atoms with Crippen molar-refractivity contribution in [2.45, 2.75) is 13.5 Å². The van der Waals surface area contributed by atoms with Gasteiger partial charge >= 0.3 is 0 Å². The Hall–Kier alpha value is -3.48. The fraction of sp³-hybridized carbons (Fsp3) is 0.273.